The number of pyridine rings is 1. The van der Waals surface area contributed by atoms with E-state index in [0.717, 1.165) is 11.3 Å². The van der Waals surface area contributed by atoms with Gasteiger partial charge in [0.05, 0.1) is 11.3 Å². The van der Waals surface area contributed by atoms with Crippen LogP contribution in [0, 0.1) is 5.92 Å². The Bertz CT molecular complexity index is 1220. The lowest BCUT2D eigenvalue weighted by Gasteiger charge is -2.09. The van der Waals surface area contributed by atoms with Gasteiger partial charge in [0, 0.05) is 41.4 Å². The van der Waals surface area contributed by atoms with Crippen molar-refractivity contribution in [1.82, 2.24) is 14.8 Å². The van der Waals surface area contributed by atoms with Crippen molar-refractivity contribution >= 4 is 23.2 Å². The molecule has 0 spiro atoms. The lowest BCUT2D eigenvalue weighted by molar-refractivity contribution is -0.118. The molecule has 0 aliphatic rings. The van der Waals surface area contributed by atoms with E-state index in [1.807, 2.05) is 56.3 Å². The van der Waals surface area contributed by atoms with E-state index in [-0.39, 0.29) is 17.7 Å². The van der Waals surface area contributed by atoms with Crippen molar-refractivity contribution in [2.45, 2.75) is 13.8 Å². The average Bonchev–Trinajstić information content (AvgIpc) is 3.27. The Labute approximate surface area is 186 Å². The van der Waals surface area contributed by atoms with E-state index in [2.05, 4.69) is 20.7 Å². The second kappa shape index (κ2) is 9.26. The maximum Gasteiger partial charge on any atom is 0.259 e. The van der Waals surface area contributed by atoms with E-state index in [0.29, 0.717) is 22.6 Å². The molecule has 0 radical (unpaired) electrons. The summed E-state index contributed by atoms with van der Waals surface area (Å²) in [5.41, 5.74) is 3.86. The summed E-state index contributed by atoms with van der Waals surface area (Å²) in [5.74, 6) is -0.456. The molecule has 4 aromatic rings. The number of rotatable bonds is 6. The maximum atomic E-state index is 13.2. The van der Waals surface area contributed by atoms with Gasteiger partial charge in [0.25, 0.3) is 5.91 Å². The molecule has 2 N–H and O–H groups in total. The summed E-state index contributed by atoms with van der Waals surface area (Å²) in [4.78, 5) is 29.2. The number of amides is 2. The number of nitrogens with zero attached hydrogens (tertiary/aromatic N) is 3. The molecular weight excluding hydrogens is 402 g/mol. The van der Waals surface area contributed by atoms with E-state index in [4.69, 9.17) is 0 Å². The number of hydrogen-bond acceptors (Lipinski definition) is 4. The fraction of sp³-hybridized carbons (Fsp3) is 0.120. The summed E-state index contributed by atoms with van der Waals surface area (Å²) in [5, 5.41) is 10.4. The van der Waals surface area contributed by atoms with Crippen LogP contribution in [0.4, 0.5) is 11.4 Å². The number of para-hydroxylation sites is 1. The van der Waals surface area contributed by atoms with Crippen LogP contribution in [-0.4, -0.2) is 26.6 Å². The molecule has 0 fully saturated rings. The Morgan fingerprint density at radius 2 is 1.56 bits per heavy atom. The first kappa shape index (κ1) is 21.0. The average molecular weight is 425 g/mol. The van der Waals surface area contributed by atoms with Crippen LogP contribution in [-0.2, 0) is 4.79 Å². The predicted octanol–water partition coefficient (Wildman–Crippen LogP) is 4.78. The summed E-state index contributed by atoms with van der Waals surface area (Å²) >= 11 is 0. The third-order valence-electron chi connectivity index (χ3n) is 4.85. The summed E-state index contributed by atoms with van der Waals surface area (Å²) in [6.45, 7) is 3.67. The minimum absolute atomic E-state index is 0.0591. The van der Waals surface area contributed by atoms with Crippen molar-refractivity contribution in [3.8, 4) is 16.9 Å². The van der Waals surface area contributed by atoms with E-state index in [1.54, 1.807) is 47.5 Å². The van der Waals surface area contributed by atoms with Gasteiger partial charge in [-0.25, -0.2) is 4.68 Å². The molecule has 2 heterocycles. The highest BCUT2D eigenvalue weighted by Gasteiger charge is 2.19. The smallest absolute Gasteiger partial charge is 0.259 e. The second-order valence-corrected chi connectivity index (χ2v) is 7.59. The predicted molar refractivity (Wildman–Crippen MR) is 125 cm³/mol. The lowest BCUT2D eigenvalue weighted by Crippen LogP contribution is -2.17. The van der Waals surface area contributed by atoms with Crippen LogP contribution >= 0.6 is 0 Å². The zero-order valence-electron chi connectivity index (χ0n) is 17.8. The third kappa shape index (κ3) is 4.73. The molecule has 7 nitrogen and oxygen atoms in total. The van der Waals surface area contributed by atoms with Gasteiger partial charge in [-0.1, -0.05) is 32.0 Å². The van der Waals surface area contributed by atoms with Crippen molar-refractivity contribution in [3.05, 3.63) is 90.9 Å². The standard InChI is InChI=1S/C25H23N5O2/c1-17(2)24(31)27-19-10-12-20(13-11-19)28-25(32)22-16-30(21-8-4-3-5-9-21)29-23(22)18-7-6-14-26-15-18/h3-17H,1-2H3,(H,27,31)(H,28,32). The maximum absolute atomic E-state index is 13.2. The molecule has 0 saturated carbocycles. The zero-order valence-corrected chi connectivity index (χ0v) is 17.8. The minimum atomic E-state index is -0.287. The van der Waals surface area contributed by atoms with E-state index >= 15 is 0 Å². The highest BCUT2D eigenvalue weighted by molar-refractivity contribution is 6.08. The van der Waals surface area contributed by atoms with Gasteiger partial charge in [-0.3, -0.25) is 14.6 Å². The van der Waals surface area contributed by atoms with Crippen molar-refractivity contribution < 1.29 is 9.59 Å². The van der Waals surface area contributed by atoms with Crippen LogP contribution in [0.3, 0.4) is 0 Å². The first-order valence-corrected chi connectivity index (χ1v) is 10.3. The van der Waals surface area contributed by atoms with E-state index in [9.17, 15) is 9.59 Å². The molecule has 0 aliphatic heterocycles. The number of anilines is 2. The largest absolute Gasteiger partial charge is 0.326 e. The highest BCUT2D eigenvalue weighted by Crippen LogP contribution is 2.24. The topological polar surface area (TPSA) is 88.9 Å². The zero-order chi connectivity index (χ0) is 22.5. The molecule has 160 valence electrons. The van der Waals surface area contributed by atoms with Gasteiger partial charge in [0.1, 0.15) is 5.69 Å². The van der Waals surface area contributed by atoms with Crippen LogP contribution in [0.25, 0.3) is 16.9 Å². The van der Waals surface area contributed by atoms with Gasteiger partial charge in [-0.05, 0) is 48.5 Å². The number of aromatic nitrogens is 3. The molecule has 2 aromatic carbocycles. The molecule has 0 bridgehead atoms. The van der Waals surface area contributed by atoms with E-state index in [1.165, 1.54) is 0 Å². The molecule has 2 aromatic heterocycles. The summed E-state index contributed by atoms with van der Waals surface area (Å²) in [6.07, 6.45) is 5.07. The van der Waals surface area contributed by atoms with Crippen LogP contribution in [0.5, 0.6) is 0 Å². The molecule has 0 saturated heterocycles. The summed E-state index contributed by atoms with van der Waals surface area (Å²) in [7, 11) is 0. The fourth-order valence-electron chi connectivity index (χ4n) is 3.09. The Kier molecular flexibility index (Phi) is 6.07. The fourth-order valence-corrected chi connectivity index (χ4v) is 3.09. The first-order valence-electron chi connectivity index (χ1n) is 10.3. The van der Waals surface area contributed by atoms with Crippen LogP contribution in [0.1, 0.15) is 24.2 Å². The Hall–Kier alpha value is -4.26. The number of carbonyl (C=O) groups excluding carboxylic acids is 2. The van der Waals surface area contributed by atoms with Gasteiger partial charge in [-0.2, -0.15) is 5.10 Å². The lowest BCUT2D eigenvalue weighted by atomic mass is 10.1. The Morgan fingerprint density at radius 1 is 0.875 bits per heavy atom. The quantitative estimate of drug-likeness (QED) is 0.465. The molecule has 2 amide bonds. The highest BCUT2D eigenvalue weighted by atomic mass is 16.2. The number of benzene rings is 2. The molecule has 0 aliphatic carbocycles. The van der Waals surface area contributed by atoms with Gasteiger partial charge in [0.15, 0.2) is 0 Å². The summed E-state index contributed by atoms with van der Waals surface area (Å²) in [6, 6.07) is 20.3. The van der Waals surface area contributed by atoms with Crippen molar-refractivity contribution in [3.63, 3.8) is 0 Å². The molecule has 32 heavy (non-hydrogen) atoms. The molecule has 4 rings (SSSR count). The third-order valence-corrected chi connectivity index (χ3v) is 4.85. The molecular formula is C25H23N5O2. The van der Waals surface area contributed by atoms with Crippen molar-refractivity contribution in [2.24, 2.45) is 5.92 Å². The number of hydrogen-bond donors (Lipinski definition) is 2. The normalized spacial score (nSPS) is 10.7. The Morgan fingerprint density at radius 3 is 2.19 bits per heavy atom. The van der Waals surface area contributed by atoms with Gasteiger partial charge >= 0.3 is 0 Å². The second-order valence-electron chi connectivity index (χ2n) is 7.59. The minimum Gasteiger partial charge on any atom is -0.326 e. The number of nitrogens with one attached hydrogen (secondary N) is 2. The molecule has 0 unspecified atom stereocenters. The monoisotopic (exact) mass is 425 g/mol. The van der Waals surface area contributed by atoms with Crippen molar-refractivity contribution in [2.75, 3.05) is 10.6 Å². The van der Waals surface area contributed by atoms with Crippen molar-refractivity contribution in [1.29, 1.82) is 0 Å². The number of carbonyl (C=O) groups is 2. The van der Waals surface area contributed by atoms with Gasteiger partial charge in [-0.15, -0.1) is 0 Å². The summed E-state index contributed by atoms with van der Waals surface area (Å²) < 4.78 is 1.68. The molecule has 0 atom stereocenters. The van der Waals surface area contributed by atoms with Gasteiger partial charge < -0.3 is 10.6 Å². The molecule has 7 heteroatoms. The van der Waals surface area contributed by atoms with Crippen LogP contribution < -0.4 is 10.6 Å². The van der Waals surface area contributed by atoms with Gasteiger partial charge in [0.2, 0.25) is 5.91 Å². The van der Waals surface area contributed by atoms with Crippen LogP contribution in [0.2, 0.25) is 0 Å². The SMILES string of the molecule is CC(C)C(=O)Nc1ccc(NC(=O)c2cn(-c3ccccc3)nc2-c2cccnc2)cc1. The van der Waals surface area contributed by atoms with E-state index < -0.39 is 0 Å². The Balaban J connectivity index is 1.60. The van der Waals surface area contributed by atoms with Crippen LogP contribution in [0.15, 0.2) is 85.3 Å². The first-order chi connectivity index (χ1) is 15.5.